The number of ether oxygens (including phenoxy) is 1. The van der Waals surface area contributed by atoms with Gasteiger partial charge in [0.1, 0.15) is 5.75 Å². The van der Waals surface area contributed by atoms with Gasteiger partial charge in [-0.15, -0.1) is 12.4 Å². The third-order valence-corrected chi connectivity index (χ3v) is 4.60. The molecule has 2 saturated heterocycles. The SMILES string of the molecule is COc1ccccc1NC(=O)CN1CCC2(CCNC2)C1.Cl. The Morgan fingerprint density at radius 3 is 2.95 bits per heavy atom. The standard InChI is InChI=1S/C16H23N3O2.ClH/c1-21-14-5-3-2-4-13(14)18-15(20)10-19-9-7-16(12-19)6-8-17-11-16;/h2-5,17H,6-12H2,1H3,(H,18,20);1H. The molecule has 1 aromatic rings. The highest BCUT2D eigenvalue weighted by Crippen LogP contribution is 2.35. The zero-order valence-corrected chi connectivity index (χ0v) is 13.7. The number of methoxy groups -OCH3 is 1. The van der Waals surface area contributed by atoms with Crippen LogP contribution >= 0.6 is 12.4 Å². The molecule has 22 heavy (non-hydrogen) atoms. The minimum absolute atomic E-state index is 0. The molecule has 1 amide bonds. The van der Waals surface area contributed by atoms with Crippen molar-refractivity contribution in [2.75, 3.05) is 45.2 Å². The fourth-order valence-corrected chi connectivity index (χ4v) is 3.45. The van der Waals surface area contributed by atoms with E-state index in [1.807, 2.05) is 24.3 Å². The maximum atomic E-state index is 12.2. The molecule has 0 aromatic heterocycles. The van der Waals surface area contributed by atoms with Gasteiger partial charge in [0.05, 0.1) is 19.3 Å². The molecule has 2 N–H and O–H groups in total. The quantitative estimate of drug-likeness (QED) is 0.885. The summed E-state index contributed by atoms with van der Waals surface area (Å²) in [6.07, 6.45) is 2.43. The molecular weight excluding hydrogens is 302 g/mol. The summed E-state index contributed by atoms with van der Waals surface area (Å²) in [4.78, 5) is 14.5. The highest BCUT2D eigenvalue weighted by molar-refractivity contribution is 5.93. The summed E-state index contributed by atoms with van der Waals surface area (Å²) in [6, 6.07) is 7.51. The van der Waals surface area contributed by atoms with Gasteiger partial charge in [-0.1, -0.05) is 12.1 Å². The second kappa shape index (κ2) is 7.31. The van der Waals surface area contributed by atoms with E-state index in [0.29, 0.717) is 17.7 Å². The van der Waals surface area contributed by atoms with Crippen LogP contribution in [0.15, 0.2) is 24.3 Å². The predicted molar refractivity (Wildman–Crippen MR) is 89.8 cm³/mol. The average Bonchev–Trinajstić information content (AvgIpc) is 3.10. The van der Waals surface area contributed by atoms with Crippen LogP contribution in [0.5, 0.6) is 5.75 Å². The van der Waals surface area contributed by atoms with Crippen molar-refractivity contribution < 1.29 is 9.53 Å². The molecule has 2 fully saturated rings. The lowest BCUT2D eigenvalue weighted by Crippen LogP contribution is -2.34. The van der Waals surface area contributed by atoms with Gasteiger partial charge in [-0.25, -0.2) is 0 Å². The molecule has 1 atom stereocenters. The second-order valence-corrected chi connectivity index (χ2v) is 6.14. The van der Waals surface area contributed by atoms with Crippen molar-refractivity contribution in [2.45, 2.75) is 12.8 Å². The molecule has 6 heteroatoms. The fourth-order valence-electron chi connectivity index (χ4n) is 3.45. The van der Waals surface area contributed by atoms with E-state index in [1.54, 1.807) is 7.11 Å². The summed E-state index contributed by atoms with van der Waals surface area (Å²) in [5.74, 6) is 0.728. The number of hydrogen-bond donors (Lipinski definition) is 2. The van der Waals surface area contributed by atoms with Gasteiger partial charge < -0.3 is 15.4 Å². The molecule has 0 radical (unpaired) electrons. The number of rotatable bonds is 4. The van der Waals surface area contributed by atoms with E-state index in [2.05, 4.69) is 15.5 Å². The molecule has 1 aromatic carbocycles. The predicted octanol–water partition coefficient (Wildman–Crippen LogP) is 1.74. The first-order valence-electron chi connectivity index (χ1n) is 7.57. The largest absolute Gasteiger partial charge is 0.495 e. The van der Waals surface area contributed by atoms with Crippen LogP contribution < -0.4 is 15.4 Å². The first-order chi connectivity index (χ1) is 10.2. The number of anilines is 1. The van der Waals surface area contributed by atoms with Crippen LogP contribution in [-0.4, -0.2) is 50.6 Å². The Labute approximate surface area is 137 Å². The Morgan fingerprint density at radius 1 is 1.41 bits per heavy atom. The van der Waals surface area contributed by atoms with Gasteiger partial charge in [0.15, 0.2) is 0 Å². The smallest absolute Gasteiger partial charge is 0.238 e. The number of carbonyl (C=O) groups excluding carboxylic acids is 1. The van der Waals surface area contributed by atoms with Crippen LogP contribution in [0.25, 0.3) is 0 Å². The van der Waals surface area contributed by atoms with Crippen LogP contribution in [0.1, 0.15) is 12.8 Å². The van der Waals surface area contributed by atoms with E-state index >= 15 is 0 Å². The molecule has 0 aliphatic carbocycles. The third kappa shape index (κ3) is 3.72. The molecule has 0 bridgehead atoms. The van der Waals surface area contributed by atoms with Gasteiger partial charge in [-0.05, 0) is 43.5 Å². The first kappa shape index (κ1) is 17.1. The van der Waals surface area contributed by atoms with Crippen LogP contribution in [-0.2, 0) is 4.79 Å². The molecular formula is C16H24ClN3O2. The molecule has 2 aliphatic heterocycles. The molecule has 1 unspecified atom stereocenters. The van der Waals surface area contributed by atoms with Crippen molar-refractivity contribution in [3.05, 3.63) is 24.3 Å². The Morgan fingerprint density at radius 2 is 2.23 bits per heavy atom. The van der Waals surface area contributed by atoms with Crippen LogP contribution in [0.4, 0.5) is 5.69 Å². The van der Waals surface area contributed by atoms with Gasteiger partial charge >= 0.3 is 0 Å². The van der Waals surface area contributed by atoms with Crippen molar-refractivity contribution in [3.63, 3.8) is 0 Å². The molecule has 0 saturated carbocycles. The van der Waals surface area contributed by atoms with E-state index in [0.717, 1.165) is 31.9 Å². The van der Waals surface area contributed by atoms with E-state index in [9.17, 15) is 4.79 Å². The Hall–Kier alpha value is -1.30. The zero-order valence-electron chi connectivity index (χ0n) is 12.9. The number of amides is 1. The summed E-state index contributed by atoms with van der Waals surface area (Å²) in [6.45, 7) is 4.71. The van der Waals surface area contributed by atoms with Crippen molar-refractivity contribution in [1.82, 2.24) is 10.2 Å². The van der Waals surface area contributed by atoms with Crippen molar-refractivity contribution in [2.24, 2.45) is 5.41 Å². The number of carbonyl (C=O) groups is 1. The van der Waals surface area contributed by atoms with Crippen molar-refractivity contribution in [3.8, 4) is 5.75 Å². The van der Waals surface area contributed by atoms with E-state index in [-0.39, 0.29) is 18.3 Å². The zero-order chi connectivity index (χ0) is 14.7. The van der Waals surface area contributed by atoms with Crippen molar-refractivity contribution in [1.29, 1.82) is 0 Å². The number of halogens is 1. The number of nitrogens with zero attached hydrogens (tertiary/aromatic N) is 1. The molecule has 5 nitrogen and oxygen atoms in total. The second-order valence-electron chi connectivity index (χ2n) is 6.14. The Kier molecular flexibility index (Phi) is 5.67. The van der Waals surface area contributed by atoms with Gasteiger partial charge in [-0.3, -0.25) is 9.69 Å². The third-order valence-electron chi connectivity index (χ3n) is 4.60. The maximum absolute atomic E-state index is 12.2. The van der Waals surface area contributed by atoms with Gasteiger partial charge in [0.25, 0.3) is 0 Å². The van der Waals surface area contributed by atoms with Crippen LogP contribution in [0.2, 0.25) is 0 Å². The van der Waals surface area contributed by atoms with E-state index in [1.165, 1.54) is 12.8 Å². The molecule has 2 heterocycles. The minimum atomic E-state index is 0. The molecule has 122 valence electrons. The summed E-state index contributed by atoms with van der Waals surface area (Å²) >= 11 is 0. The topological polar surface area (TPSA) is 53.6 Å². The summed E-state index contributed by atoms with van der Waals surface area (Å²) in [5, 5.41) is 6.39. The number of para-hydroxylation sites is 2. The normalized spacial score (nSPS) is 24.2. The molecule has 1 spiro atoms. The van der Waals surface area contributed by atoms with E-state index in [4.69, 9.17) is 4.74 Å². The molecule has 2 aliphatic rings. The summed E-state index contributed by atoms with van der Waals surface area (Å²) < 4.78 is 5.26. The van der Waals surface area contributed by atoms with E-state index < -0.39 is 0 Å². The fraction of sp³-hybridized carbons (Fsp3) is 0.562. The van der Waals surface area contributed by atoms with Crippen molar-refractivity contribution >= 4 is 24.0 Å². The number of likely N-dealkylation sites (tertiary alicyclic amines) is 1. The monoisotopic (exact) mass is 325 g/mol. The lowest BCUT2D eigenvalue weighted by molar-refractivity contribution is -0.117. The lowest BCUT2D eigenvalue weighted by Gasteiger charge is -2.22. The maximum Gasteiger partial charge on any atom is 0.238 e. The number of hydrogen-bond acceptors (Lipinski definition) is 4. The van der Waals surface area contributed by atoms with Crippen LogP contribution in [0, 0.1) is 5.41 Å². The lowest BCUT2D eigenvalue weighted by atomic mass is 9.87. The van der Waals surface area contributed by atoms with Crippen LogP contribution in [0.3, 0.4) is 0 Å². The number of nitrogens with one attached hydrogen (secondary N) is 2. The molecule has 3 rings (SSSR count). The first-order valence-corrected chi connectivity index (χ1v) is 7.57. The number of benzene rings is 1. The summed E-state index contributed by atoms with van der Waals surface area (Å²) in [5.41, 5.74) is 1.14. The van der Waals surface area contributed by atoms with Gasteiger partial charge in [0.2, 0.25) is 5.91 Å². The minimum Gasteiger partial charge on any atom is -0.495 e. The van der Waals surface area contributed by atoms with Gasteiger partial charge in [-0.2, -0.15) is 0 Å². The average molecular weight is 326 g/mol. The van der Waals surface area contributed by atoms with Gasteiger partial charge in [0, 0.05) is 13.1 Å². The Balaban J connectivity index is 0.00000176. The summed E-state index contributed by atoms with van der Waals surface area (Å²) in [7, 11) is 1.61. The highest BCUT2D eigenvalue weighted by atomic mass is 35.5. The Bertz CT molecular complexity index is 518. The highest BCUT2D eigenvalue weighted by Gasteiger charge is 2.40.